The summed E-state index contributed by atoms with van der Waals surface area (Å²) in [4.78, 5) is 28.0. The molecule has 9 nitrogen and oxygen atoms in total. The lowest BCUT2D eigenvalue weighted by Crippen LogP contribution is -2.49. The van der Waals surface area contributed by atoms with Gasteiger partial charge in [0, 0.05) is 70.6 Å². The maximum absolute atomic E-state index is 12.2. The quantitative estimate of drug-likeness (QED) is 0.147. The van der Waals surface area contributed by atoms with E-state index in [1.807, 2.05) is 54.6 Å². The van der Waals surface area contributed by atoms with Gasteiger partial charge in [0.1, 0.15) is 0 Å². The van der Waals surface area contributed by atoms with E-state index in [0.717, 1.165) is 79.1 Å². The highest BCUT2D eigenvalue weighted by Gasteiger charge is 2.34. The molecule has 4 aromatic carbocycles. The van der Waals surface area contributed by atoms with Crippen molar-refractivity contribution in [1.82, 2.24) is 15.1 Å². The third-order valence-electron chi connectivity index (χ3n) is 9.49. The first-order chi connectivity index (χ1) is 24.4. The van der Waals surface area contributed by atoms with Crippen molar-refractivity contribution in [2.45, 2.75) is 63.9 Å². The van der Waals surface area contributed by atoms with Crippen molar-refractivity contribution in [1.29, 1.82) is 0 Å². The molecule has 2 heterocycles. The number of aliphatic carboxylic acids is 1. The van der Waals surface area contributed by atoms with Crippen LogP contribution in [0.5, 0.6) is 0 Å². The van der Waals surface area contributed by atoms with Crippen molar-refractivity contribution in [3.8, 4) is 11.1 Å². The molecule has 2 aliphatic rings. The van der Waals surface area contributed by atoms with Gasteiger partial charge in [-0.05, 0) is 51.9 Å². The summed E-state index contributed by atoms with van der Waals surface area (Å²) < 4.78 is 13.4. The number of aliphatic hydroxyl groups is 1. The number of hydrogen-bond donors (Lipinski definition) is 3. The molecule has 4 aromatic rings. The molecule has 3 atom stereocenters. The number of nitrogens with one attached hydrogen (secondary N) is 1. The second kappa shape index (κ2) is 17.5. The third-order valence-corrected chi connectivity index (χ3v) is 9.49. The molecule has 2 saturated heterocycles. The van der Waals surface area contributed by atoms with Gasteiger partial charge in [-0.25, -0.2) is 0 Å². The lowest BCUT2D eigenvalue weighted by atomic mass is 9.98. The zero-order chi connectivity index (χ0) is 34.7. The molecule has 0 unspecified atom stereocenters. The Morgan fingerprint density at radius 3 is 2.16 bits per heavy atom. The van der Waals surface area contributed by atoms with Crippen molar-refractivity contribution in [2.24, 2.45) is 0 Å². The molecular formula is C41H47N3O6. The molecule has 0 saturated carbocycles. The molecule has 262 valence electrons. The van der Waals surface area contributed by atoms with E-state index in [2.05, 4.69) is 63.6 Å². The van der Waals surface area contributed by atoms with E-state index in [0.29, 0.717) is 13.0 Å². The molecular weight excluding hydrogens is 630 g/mol. The lowest BCUT2D eigenvalue weighted by Gasteiger charge is -2.41. The Bertz CT molecular complexity index is 1690. The Labute approximate surface area is 294 Å². The van der Waals surface area contributed by atoms with Crippen LogP contribution in [0.3, 0.4) is 0 Å². The Balaban J connectivity index is 1.13. The average Bonchev–Trinajstić information content (AvgIpc) is 3.15. The van der Waals surface area contributed by atoms with Crippen LogP contribution in [0.4, 0.5) is 0 Å². The van der Waals surface area contributed by atoms with Crippen LogP contribution in [0.1, 0.15) is 65.9 Å². The fraction of sp³-hybridized carbons (Fsp3) is 0.366. The van der Waals surface area contributed by atoms with E-state index < -0.39 is 12.3 Å². The van der Waals surface area contributed by atoms with Crippen LogP contribution in [-0.2, 0) is 38.8 Å². The zero-order valence-electron chi connectivity index (χ0n) is 28.5. The minimum atomic E-state index is -0.896. The van der Waals surface area contributed by atoms with Gasteiger partial charge in [0.2, 0.25) is 5.91 Å². The molecule has 9 heteroatoms. The fourth-order valence-electron chi connectivity index (χ4n) is 6.71. The SMILES string of the molecule is O=C(O)CCCC(=O)NCc1cccc(-c2cccc([C@H]3O[C@@H](CN4CCN(Cc5ccccc5)CC4)C[C@@H](c4ccc(CO)cc4)O3)c2)c1. The van der Waals surface area contributed by atoms with E-state index in [1.165, 1.54) is 5.56 Å². The monoisotopic (exact) mass is 677 g/mol. The number of carboxylic acids is 1. The van der Waals surface area contributed by atoms with Crippen LogP contribution in [0, 0.1) is 0 Å². The van der Waals surface area contributed by atoms with Crippen molar-refractivity contribution in [3.05, 3.63) is 131 Å². The Hall–Kier alpha value is -4.38. The summed E-state index contributed by atoms with van der Waals surface area (Å²) in [6, 6.07) is 34.9. The summed E-state index contributed by atoms with van der Waals surface area (Å²) in [5.41, 5.74) is 7.22. The number of carbonyl (C=O) groups excluding carboxylic acids is 1. The molecule has 0 aromatic heterocycles. The van der Waals surface area contributed by atoms with Crippen LogP contribution in [0.2, 0.25) is 0 Å². The molecule has 6 rings (SSSR count). The number of carboxylic acid groups (broad SMARTS) is 1. The normalized spacial score (nSPS) is 20.0. The first-order valence-electron chi connectivity index (χ1n) is 17.6. The molecule has 0 spiro atoms. The number of nitrogens with zero attached hydrogens (tertiary/aromatic N) is 2. The smallest absolute Gasteiger partial charge is 0.303 e. The Kier molecular flexibility index (Phi) is 12.4. The predicted octanol–water partition coefficient (Wildman–Crippen LogP) is 6.08. The van der Waals surface area contributed by atoms with Gasteiger partial charge in [-0.3, -0.25) is 19.4 Å². The number of carbonyl (C=O) groups is 2. The molecule has 0 bridgehead atoms. The maximum atomic E-state index is 12.2. The van der Waals surface area contributed by atoms with Gasteiger partial charge in [-0.2, -0.15) is 0 Å². The molecule has 0 radical (unpaired) electrons. The van der Waals surface area contributed by atoms with Gasteiger partial charge in [0.05, 0.1) is 18.8 Å². The predicted molar refractivity (Wildman–Crippen MR) is 192 cm³/mol. The number of ether oxygens (including phenoxy) is 2. The summed E-state index contributed by atoms with van der Waals surface area (Å²) in [5, 5.41) is 21.3. The van der Waals surface area contributed by atoms with Gasteiger partial charge in [0.15, 0.2) is 6.29 Å². The minimum absolute atomic E-state index is 0.00354. The Morgan fingerprint density at radius 1 is 0.720 bits per heavy atom. The average molecular weight is 678 g/mol. The molecule has 3 N–H and O–H groups in total. The van der Waals surface area contributed by atoms with Gasteiger partial charge in [-0.15, -0.1) is 0 Å². The molecule has 1 amide bonds. The number of benzene rings is 4. The highest BCUT2D eigenvalue weighted by atomic mass is 16.7. The lowest BCUT2D eigenvalue weighted by molar-refractivity contribution is -0.253. The largest absolute Gasteiger partial charge is 0.481 e. The zero-order valence-corrected chi connectivity index (χ0v) is 28.5. The van der Waals surface area contributed by atoms with Crippen LogP contribution in [0.25, 0.3) is 11.1 Å². The minimum Gasteiger partial charge on any atom is -0.481 e. The van der Waals surface area contributed by atoms with Gasteiger partial charge >= 0.3 is 5.97 Å². The summed E-state index contributed by atoms with van der Waals surface area (Å²) >= 11 is 0. The van der Waals surface area contributed by atoms with Crippen LogP contribution >= 0.6 is 0 Å². The Morgan fingerprint density at radius 2 is 1.42 bits per heavy atom. The molecule has 2 aliphatic heterocycles. The van der Waals surface area contributed by atoms with E-state index >= 15 is 0 Å². The standard InChI is InChI=1S/C41H47N3O6/c45-29-31-15-17-33(18-16-31)38-25-37(28-44-21-19-43(20-22-44)27-30-7-2-1-3-8-30)49-41(50-38)36-12-5-11-35(24-36)34-10-4-9-32(23-34)26-42-39(46)13-6-14-40(47)48/h1-5,7-12,15-18,23-24,37-38,41,45H,6,13-14,19-22,25-29H2,(H,42,46)(H,47,48)/t37-,38+,41+/m1/s1. The third kappa shape index (κ3) is 10.1. The van der Waals surface area contributed by atoms with Gasteiger partial charge in [0.25, 0.3) is 0 Å². The van der Waals surface area contributed by atoms with Crippen molar-refractivity contribution < 1.29 is 29.3 Å². The summed E-state index contributed by atoms with van der Waals surface area (Å²) in [6.07, 6.45) is 0.498. The van der Waals surface area contributed by atoms with E-state index in [1.54, 1.807) is 0 Å². The van der Waals surface area contributed by atoms with Crippen LogP contribution in [0.15, 0.2) is 103 Å². The number of rotatable bonds is 14. The van der Waals surface area contributed by atoms with Gasteiger partial charge < -0.3 is 25.0 Å². The maximum Gasteiger partial charge on any atom is 0.303 e. The highest BCUT2D eigenvalue weighted by Crippen LogP contribution is 2.39. The first-order valence-corrected chi connectivity index (χ1v) is 17.6. The second-order valence-corrected chi connectivity index (χ2v) is 13.3. The number of piperazine rings is 1. The van der Waals surface area contributed by atoms with E-state index in [-0.39, 0.29) is 37.6 Å². The molecule has 2 fully saturated rings. The summed E-state index contributed by atoms with van der Waals surface area (Å²) in [6.45, 7) is 6.18. The van der Waals surface area contributed by atoms with Crippen molar-refractivity contribution in [3.63, 3.8) is 0 Å². The fourth-order valence-corrected chi connectivity index (χ4v) is 6.71. The van der Waals surface area contributed by atoms with Crippen molar-refractivity contribution >= 4 is 11.9 Å². The number of amides is 1. The molecule has 0 aliphatic carbocycles. The van der Waals surface area contributed by atoms with E-state index in [9.17, 15) is 14.7 Å². The van der Waals surface area contributed by atoms with Gasteiger partial charge in [-0.1, -0.05) is 91.0 Å². The summed E-state index contributed by atoms with van der Waals surface area (Å²) in [5.74, 6) is -1.05. The number of hydrogen-bond acceptors (Lipinski definition) is 7. The highest BCUT2D eigenvalue weighted by molar-refractivity contribution is 5.76. The molecule has 50 heavy (non-hydrogen) atoms. The topological polar surface area (TPSA) is 112 Å². The first kappa shape index (κ1) is 35.4. The van der Waals surface area contributed by atoms with Crippen LogP contribution in [-0.4, -0.2) is 70.7 Å². The second-order valence-electron chi connectivity index (χ2n) is 13.3. The van der Waals surface area contributed by atoms with Crippen LogP contribution < -0.4 is 5.32 Å². The van der Waals surface area contributed by atoms with Crippen molar-refractivity contribution in [2.75, 3.05) is 32.7 Å². The summed E-state index contributed by atoms with van der Waals surface area (Å²) in [7, 11) is 0. The van der Waals surface area contributed by atoms with E-state index in [4.69, 9.17) is 14.6 Å². The number of aliphatic hydroxyl groups excluding tert-OH is 1.